The van der Waals surface area contributed by atoms with Crippen LogP contribution < -0.4 is 0 Å². The van der Waals surface area contributed by atoms with E-state index in [2.05, 4.69) is 5.16 Å². The van der Waals surface area contributed by atoms with Crippen molar-refractivity contribution in [2.75, 3.05) is 18.6 Å². The van der Waals surface area contributed by atoms with Gasteiger partial charge in [-0.05, 0) is 13.3 Å². The summed E-state index contributed by atoms with van der Waals surface area (Å²) in [7, 11) is -1.37. The number of carbonyl (C=O) groups excluding carboxylic acids is 1. The minimum Gasteiger partial charge on any atom is -0.360 e. The molecule has 0 bridgehead atoms. The predicted octanol–water partition coefficient (Wildman–Crippen LogP) is 1.37. The lowest BCUT2D eigenvalue weighted by Gasteiger charge is -2.23. The molecule has 1 saturated heterocycles. The predicted molar refractivity (Wildman–Crippen MR) is 74.5 cm³/mol. The van der Waals surface area contributed by atoms with Crippen LogP contribution in [0.5, 0.6) is 0 Å². The van der Waals surface area contributed by atoms with E-state index >= 15 is 0 Å². The molecule has 1 aliphatic heterocycles. The zero-order chi connectivity index (χ0) is 15.1. The molecule has 1 atom stereocenters. The summed E-state index contributed by atoms with van der Waals surface area (Å²) in [5, 5.41) is 3.86. The number of sulfone groups is 1. The Bertz CT molecular complexity index is 618. The first-order chi connectivity index (χ1) is 9.23. The Morgan fingerprint density at radius 2 is 2.10 bits per heavy atom. The maximum atomic E-state index is 12.6. The van der Waals surface area contributed by atoms with Crippen LogP contribution in [0.3, 0.4) is 0 Å². The minimum absolute atomic E-state index is 0.0383. The van der Waals surface area contributed by atoms with Crippen LogP contribution in [0.2, 0.25) is 0 Å². The minimum atomic E-state index is -3.01. The van der Waals surface area contributed by atoms with Gasteiger partial charge < -0.3 is 9.42 Å². The topological polar surface area (TPSA) is 80.5 Å². The molecule has 2 heterocycles. The molecule has 7 heteroatoms. The Morgan fingerprint density at radius 3 is 2.60 bits per heavy atom. The monoisotopic (exact) mass is 300 g/mol. The van der Waals surface area contributed by atoms with Gasteiger partial charge in [0.2, 0.25) is 0 Å². The van der Waals surface area contributed by atoms with Crippen molar-refractivity contribution in [3.05, 3.63) is 17.0 Å². The largest absolute Gasteiger partial charge is 0.360 e. The summed E-state index contributed by atoms with van der Waals surface area (Å²) in [6.45, 7) is 5.58. The van der Waals surface area contributed by atoms with Crippen LogP contribution in [0.4, 0.5) is 0 Å². The van der Waals surface area contributed by atoms with Crippen LogP contribution in [0.15, 0.2) is 4.52 Å². The van der Waals surface area contributed by atoms with E-state index in [0.29, 0.717) is 23.4 Å². The number of rotatable bonds is 3. The summed E-state index contributed by atoms with van der Waals surface area (Å²) in [6, 6.07) is -0.262. The molecular formula is C13H20N2O4S. The van der Waals surface area contributed by atoms with Crippen molar-refractivity contribution in [1.29, 1.82) is 0 Å². The van der Waals surface area contributed by atoms with Crippen LogP contribution >= 0.6 is 0 Å². The lowest BCUT2D eigenvalue weighted by Crippen LogP contribution is -2.38. The Balaban J connectivity index is 2.26. The second-order valence-corrected chi connectivity index (χ2v) is 7.86. The van der Waals surface area contributed by atoms with E-state index in [1.165, 1.54) is 4.90 Å². The molecular weight excluding hydrogens is 280 g/mol. The van der Waals surface area contributed by atoms with Gasteiger partial charge in [0.05, 0.1) is 17.2 Å². The molecule has 0 N–H and O–H groups in total. The first kappa shape index (κ1) is 15.0. The SMILES string of the molecule is Cc1noc(C(C)C)c1C(=O)N(C)[C@H]1CCS(=O)(=O)C1. The molecule has 1 amide bonds. The Morgan fingerprint density at radius 1 is 1.45 bits per heavy atom. The average molecular weight is 300 g/mol. The van der Waals surface area contributed by atoms with Crippen molar-refractivity contribution in [2.24, 2.45) is 0 Å². The van der Waals surface area contributed by atoms with E-state index in [4.69, 9.17) is 4.52 Å². The van der Waals surface area contributed by atoms with Gasteiger partial charge in [0.25, 0.3) is 5.91 Å². The molecule has 0 unspecified atom stereocenters. The van der Waals surface area contributed by atoms with Gasteiger partial charge >= 0.3 is 0 Å². The fourth-order valence-corrected chi connectivity index (χ4v) is 4.24. The lowest BCUT2D eigenvalue weighted by atomic mass is 10.0. The van der Waals surface area contributed by atoms with Gasteiger partial charge in [-0.15, -0.1) is 0 Å². The van der Waals surface area contributed by atoms with Crippen molar-refractivity contribution in [2.45, 2.75) is 39.2 Å². The molecule has 1 aliphatic rings. The van der Waals surface area contributed by atoms with Crippen LogP contribution in [0, 0.1) is 6.92 Å². The third kappa shape index (κ3) is 2.72. The normalized spacial score (nSPS) is 21.4. The zero-order valence-electron chi connectivity index (χ0n) is 12.2. The van der Waals surface area contributed by atoms with Crippen molar-refractivity contribution < 1.29 is 17.7 Å². The van der Waals surface area contributed by atoms with Crippen LogP contribution in [0.1, 0.15) is 48.0 Å². The molecule has 1 aromatic rings. The third-order valence-corrected chi connectivity index (χ3v) is 5.45. The highest BCUT2D eigenvalue weighted by Crippen LogP contribution is 2.25. The molecule has 1 aromatic heterocycles. The summed E-state index contributed by atoms with van der Waals surface area (Å²) < 4.78 is 28.3. The molecule has 112 valence electrons. The second-order valence-electron chi connectivity index (χ2n) is 5.63. The van der Waals surface area contributed by atoms with Gasteiger partial charge in [0, 0.05) is 19.0 Å². The van der Waals surface area contributed by atoms with Gasteiger partial charge in [0.1, 0.15) is 5.56 Å². The zero-order valence-corrected chi connectivity index (χ0v) is 13.0. The van der Waals surface area contributed by atoms with Gasteiger partial charge in [0.15, 0.2) is 15.6 Å². The highest BCUT2D eigenvalue weighted by molar-refractivity contribution is 7.91. The fourth-order valence-electron chi connectivity index (χ4n) is 2.46. The van der Waals surface area contributed by atoms with Crippen molar-refractivity contribution in [3.8, 4) is 0 Å². The molecule has 6 nitrogen and oxygen atoms in total. The molecule has 0 radical (unpaired) electrons. The summed E-state index contributed by atoms with van der Waals surface area (Å²) in [6.07, 6.45) is 0.492. The molecule has 0 saturated carbocycles. The first-order valence-corrected chi connectivity index (χ1v) is 8.49. The van der Waals surface area contributed by atoms with Crippen molar-refractivity contribution in [3.63, 3.8) is 0 Å². The standard InChI is InChI=1S/C13H20N2O4S/c1-8(2)12-11(9(3)14-19-12)13(16)15(4)10-5-6-20(17,18)7-10/h8,10H,5-7H2,1-4H3/t10-/m0/s1. The summed E-state index contributed by atoms with van der Waals surface area (Å²) in [4.78, 5) is 14.1. The summed E-state index contributed by atoms with van der Waals surface area (Å²) in [5.41, 5.74) is 1.01. The Labute approximate surface area is 119 Å². The van der Waals surface area contributed by atoms with Gasteiger partial charge in [-0.3, -0.25) is 4.79 Å². The van der Waals surface area contributed by atoms with E-state index < -0.39 is 9.84 Å². The maximum absolute atomic E-state index is 12.6. The summed E-state index contributed by atoms with van der Waals surface area (Å²) >= 11 is 0. The second kappa shape index (κ2) is 5.20. The van der Waals surface area contributed by atoms with Crippen LogP contribution in [-0.4, -0.2) is 49.0 Å². The van der Waals surface area contributed by atoms with E-state index in [1.54, 1.807) is 14.0 Å². The maximum Gasteiger partial charge on any atom is 0.259 e. The van der Waals surface area contributed by atoms with E-state index in [0.717, 1.165) is 0 Å². The number of nitrogens with zero attached hydrogens (tertiary/aromatic N) is 2. The molecule has 20 heavy (non-hydrogen) atoms. The number of amides is 1. The lowest BCUT2D eigenvalue weighted by molar-refractivity contribution is 0.0744. The average Bonchev–Trinajstić information content (AvgIpc) is 2.90. The molecule has 2 rings (SSSR count). The van der Waals surface area contributed by atoms with E-state index in [-0.39, 0.29) is 29.4 Å². The molecule has 0 aliphatic carbocycles. The highest BCUT2D eigenvalue weighted by Gasteiger charge is 2.35. The number of hydrogen-bond acceptors (Lipinski definition) is 5. The quantitative estimate of drug-likeness (QED) is 0.842. The Hall–Kier alpha value is -1.37. The third-order valence-electron chi connectivity index (χ3n) is 3.70. The Kier molecular flexibility index (Phi) is 3.90. The van der Waals surface area contributed by atoms with Crippen LogP contribution in [-0.2, 0) is 9.84 Å². The smallest absolute Gasteiger partial charge is 0.259 e. The van der Waals surface area contributed by atoms with E-state index in [1.807, 2.05) is 13.8 Å². The van der Waals surface area contributed by atoms with Crippen molar-refractivity contribution in [1.82, 2.24) is 10.1 Å². The number of carbonyl (C=O) groups is 1. The molecule has 1 fully saturated rings. The summed E-state index contributed by atoms with van der Waals surface area (Å²) in [5.74, 6) is 0.580. The van der Waals surface area contributed by atoms with Crippen molar-refractivity contribution >= 4 is 15.7 Å². The highest BCUT2D eigenvalue weighted by atomic mass is 32.2. The number of hydrogen-bond donors (Lipinski definition) is 0. The first-order valence-electron chi connectivity index (χ1n) is 6.66. The van der Waals surface area contributed by atoms with Gasteiger partial charge in [-0.2, -0.15) is 0 Å². The molecule has 0 spiro atoms. The van der Waals surface area contributed by atoms with Gasteiger partial charge in [-0.25, -0.2) is 8.42 Å². The van der Waals surface area contributed by atoms with Crippen LogP contribution in [0.25, 0.3) is 0 Å². The van der Waals surface area contributed by atoms with Gasteiger partial charge in [-0.1, -0.05) is 19.0 Å². The van der Waals surface area contributed by atoms with E-state index in [9.17, 15) is 13.2 Å². The number of aryl methyl sites for hydroxylation is 1. The number of aromatic nitrogens is 1. The fraction of sp³-hybridized carbons (Fsp3) is 0.692. The molecule has 0 aromatic carbocycles.